The lowest BCUT2D eigenvalue weighted by Crippen LogP contribution is -2.30. The Labute approximate surface area is 156 Å². The molecule has 1 unspecified atom stereocenters. The first-order valence-electron chi connectivity index (χ1n) is 9.51. The first kappa shape index (κ1) is 20.2. The number of nitrogens with zero attached hydrogens (tertiary/aromatic N) is 2. The van der Waals surface area contributed by atoms with Crippen LogP contribution in [-0.4, -0.2) is 41.8 Å². The summed E-state index contributed by atoms with van der Waals surface area (Å²) in [5.41, 5.74) is 2.45. The van der Waals surface area contributed by atoms with Crippen molar-refractivity contribution in [2.24, 2.45) is 15.4 Å². The molecule has 0 saturated heterocycles. The maximum absolute atomic E-state index is 11.4. The van der Waals surface area contributed by atoms with Gasteiger partial charge in [0.2, 0.25) is 0 Å². The van der Waals surface area contributed by atoms with E-state index in [9.17, 15) is 9.90 Å². The molecule has 0 bridgehead atoms. The normalized spacial score (nSPS) is 27.3. The van der Waals surface area contributed by atoms with E-state index < -0.39 is 11.4 Å². The molecule has 6 nitrogen and oxygen atoms in total. The topological polar surface area (TPSA) is 86.1 Å². The number of hydrogen-bond acceptors (Lipinski definition) is 5. The Bertz CT molecular complexity index is 675. The second-order valence-electron chi connectivity index (χ2n) is 7.60. The molecule has 2 aliphatic rings. The average Bonchev–Trinajstić information content (AvgIpc) is 3.04. The number of allylic oxidation sites excluding steroid dienone is 2. The fraction of sp³-hybridized carbons (Fsp3) is 0.650. The highest BCUT2D eigenvalue weighted by Gasteiger charge is 2.34. The third-order valence-electron chi connectivity index (χ3n) is 5.17. The molecule has 0 aromatic carbocycles. The predicted molar refractivity (Wildman–Crippen MR) is 107 cm³/mol. The molecule has 26 heavy (non-hydrogen) atoms. The van der Waals surface area contributed by atoms with Gasteiger partial charge < -0.3 is 15.7 Å². The van der Waals surface area contributed by atoms with Crippen LogP contribution >= 0.6 is 0 Å². The van der Waals surface area contributed by atoms with E-state index in [1.807, 2.05) is 26.8 Å². The molecule has 0 aromatic heterocycles. The molecule has 0 fully saturated rings. The van der Waals surface area contributed by atoms with E-state index in [0.29, 0.717) is 12.8 Å². The van der Waals surface area contributed by atoms with Gasteiger partial charge in [-0.25, -0.2) is 4.99 Å². The van der Waals surface area contributed by atoms with Gasteiger partial charge in [0.25, 0.3) is 0 Å². The maximum atomic E-state index is 11.4. The minimum Gasteiger partial charge on any atom is -0.481 e. The summed E-state index contributed by atoms with van der Waals surface area (Å²) in [6.45, 7) is 11.8. The number of aliphatic imine (C=N–C) groups is 2. The van der Waals surface area contributed by atoms with E-state index >= 15 is 0 Å². The van der Waals surface area contributed by atoms with Crippen molar-refractivity contribution in [2.75, 3.05) is 13.1 Å². The summed E-state index contributed by atoms with van der Waals surface area (Å²) in [5, 5.41) is 16.1. The van der Waals surface area contributed by atoms with Crippen molar-refractivity contribution >= 4 is 17.5 Å². The lowest BCUT2D eigenvalue weighted by Gasteiger charge is -2.28. The van der Waals surface area contributed by atoms with Crippen LogP contribution in [0.15, 0.2) is 33.0 Å². The van der Waals surface area contributed by atoms with Gasteiger partial charge in [-0.05, 0) is 59.0 Å². The van der Waals surface area contributed by atoms with Crippen LogP contribution in [0.25, 0.3) is 0 Å². The Kier molecular flexibility index (Phi) is 6.62. The number of carboxylic acids is 1. The highest BCUT2D eigenvalue weighted by molar-refractivity contribution is 6.02. The molecule has 0 amide bonds. The fourth-order valence-corrected chi connectivity index (χ4v) is 3.12. The van der Waals surface area contributed by atoms with Crippen LogP contribution < -0.4 is 10.6 Å². The molecule has 0 radical (unpaired) electrons. The molecule has 6 heteroatoms. The summed E-state index contributed by atoms with van der Waals surface area (Å²) in [6.07, 6.45) is 5.00. The molecular weight excluding hydrogens is 328 g/mol. The van der Waals surface area contributed by atoms with Crippen molar-refractivity contribution in [3.05, 3.63) is 23.0 Å². The molecule has 0 saturated carbocycles. The Morgan fingerprint density at radius 1 is 1.50 bits per heavy atom. The van der Waals surface area contributed by atoms with Crippen LogP contribution in [0.3, 0.4) is 0 Å². The summed E-state index contributed by atoms with van der Waals surface area (Å²) in [4.78, 5) is 20.9. The highest BCUT2D eigenvalue weighted by atomic mass is 16.4. The van der Waals surface area contributed by atoms with Crippen molar-refractivity contribution in [3.63, 3.8) is 0 Å². The Balaban J connectivity index is 2.25. The largest absolute Gasteiger partial charge is 0.481 e. The molecule has 0 aromatic rings. The van der Waals surface area contributed by atoms with Crippen molar-refractivity contribution in [1.29, 1.82) is 0 Å². The van der Waals surface area contributed by atoms with Crippen LogP contribution in [0.5, 0.6) is 0 Å². The van der Waals surface area contributed by atoms with E-state index in [2.05, 4.69) is 29.5 Å². The van der Waals surface area contributed by atoms with Crippen molar-refractivity contribution in [3.8, 4) is 0 Å². The molecule has 1 heterocycles. The lowest BCUT2D eigenvalue weighted by atomic mass is 9.76. The SMILES string of the molecule is CCCNC(/N=C(\C)C1=CCC(C)(C(=O)O)CC1)=C(/C)C1=N[C@H](C)CN1. The first-order chi connectivity index (χ1) is 12.3. The average molecular weight is 361 g/mol. The number of rotatable bonds is 7. The van der Waals surface area contributed by atoms with E-state index in [-0.39, 0.29) is 6.04 Å². The standard InChI is InChI=1S/C20H32N4O2/c1-6-11-21-17(14(3)18-22-12-13(2)23-18)24-15(4)16-7-9-20(5,10-8-16)19(25)26/h7,13,21H,6,8-12H2,1-5H3,(H,22,23)(H,25,26)/b17-14+,24-15+/t13-,20?/m1/s1. The molecule has 3 N–H and O–H groups in total. The highest BCUT2D eigenvalue weighted by Crippen LogP contribution is 2.35. The van der Waals surface area contributed by atoms with Gasteiger partial charge in [-0.2, -0.15) is 0 Å². The van der Waals surface area contributed by atoms with Crippen LogP contribution in [0.2, 0.25) is 0 Å². The van der Waals surface area contributed by atoms with Crippen LogP contribution in [0.4, 0.5) is 0 Å². The number of aliphatic carboxylic acids is 1. The van der Waals surface area contributed by atoms with Crippen molar-refractivity contribution in [1.82, 2.24) is 10.6 Å². The zero-order valence-electron chi connectivity index (χ0n) is 16.6. The number of nitrogens with one attached hydrogen (secondary N) is 2. The van der Waals surface area contributed by atoms with Gasteiger partial charge in [-0.3, -0.25) is 9.79 Å². The van der Waals surface area contributed by atoms with Gasteiger partial charge in [0.05, 0.1) is 11.5 Å². The van der Waals surface area contributed by atoms with E-state index in [4.69, 9.17) is 4.99 Å². The predicted octanol–water partition coefficient (Wildman–Crippen LogP) is 3.27. The molecule has 0 spiro atoms. The minimum absolute atomic E-state index is 0.284. The van der Waals surface area contributed by atoms with E-state index in [0.717, 1.165) is 54.4 Å². The summed E-state index contributed by atoms with van der Waals surface area (Å²) >= 11 is 0. The van der Waals surface area contributed by atoms with Gasteiger partial charge in [-0.1, -0.05) is 13.0 Å². The minimum atomic E-state index is -0.720. The molecule has 144 valence electrons. The second-order valence-corrected chi connectivity index (χ2v) is 7.60. The van der Waals surface area contributed by atoms with E-state index in [1.165, 1.54) is 0 Å². The van der Waals surface area contributed by atoms with Crippen LogP contribution in [-0.2, 0) is 4.79 Å². The van der Waals surface area contributed by atoms with Crippen LogP contribution in [0.1, 0.15) is 60.3 Å². The molecule has 1 aliphatic carbocycles. The first-order valence-corrected chi connectivity index (χ1v) is 9.51. The maximum Gasteiger partial charge on any atom is 0.309 e. The molecule has 2 atom stereocenters. The monoisotopic (exact) mass is 360 g/mol. The smallest absolute Gasteiger partial charge is 0.309 e. The molecule has 2 rings (SSSR count). The second kappa shape index (κ2) is 8.52. The summed E-state index contributed by atoms with van der Waals surface area (Å²) in [6, 6.07) is 0.284. The van der Waals surface area contributed by atoms with Gasteiger partial charge >= 0.3 is 5.97 Å². The zero-order valence-corrected chi connectivity index (χ0v) is 16.6. The summed E-state index contributed by atoms with van der Waals surface area (Å²) < 4.78 is 0. The number of hydrogen-bond donors (Lipinski definition) is 3. The van der Waals surface area contributed by atoms with Crippen molar-refractivity contribution < 1.29 is 9.90 Å². The molecule has 1 aliphatic heterocycles. The Morgan fingerprint density at radius 3 is 2.73 bits per heavy atom. The summed E-state index contributed by atoms with van der Waals surface area (Å²) in [5.74, 6) is 1.03. The zero-order chi connectivity index (χ0) is 19.3. The number of carbonyl (C=O) groups is 1. The quantitative estimate of drug-likeness (QED) is 0.608. The fourth-order valence-electron chi connectivity index (χ4n) is 3.12. The molecular formula is C20H32N4O2. The number of carboxylic acid groups (broad SMARTS) is 1. The van der Waals surface area contributed by atoms with Gasteiger partial charge in [0.15, 0.2) is 0 Å². The van der Waals surface area contributed by atoms with Crippen molar-refractivity contribution in [2.45, 2.75) is 66.3 Å². The third-order valence-corrected chi connectivity index (χ3v) is 5.17. The Morgan fingerprint density at radius 2 is 2.23 bits per heavy atom. The van der Waals surface area contributed by atoms with Gasteiger partial charge in [0.1, 0.15) is 11.7 Å². The third kappa shape index (κ3) is 4.74. The Hall–Kier alpha value is -2.11. The lowest BCUT2D eigenvalue weighted by molar-refractivity contribution is -0.148. The number of amidine groups is 1. The van der Waals surface area contributed by atoms with Gasteiger partial charge in [-0.15, -0.1) is 0 Å². The van der Waals surface area contributed by atoms with Crippen LogP contribution in [0, 0.1) is 5.41 Å². The van der Waals surface area contributed by atoms with Gasteiger partial charge in [0, 0.05) is 24.4 Å². The van der Waals surface area contributed by atoms with E-state index in [1.54, 1.807) is 0 Å². The summed E-state index contributed by atoms with van der Waals surface area (Å²) in [7, 11) is 0.